The number of rotatable bonds is 4. The van der Waals surface area contributed by atoms with Crippen LogP contribution in [0.4, 0.5) is 0 Å². The second kappa shape index (κ2) is 5.27. The van der Waals surface area contributed by atoms with Gasteiger partial charge in [-0.25, -0.2) is 4.98 Å². The Morgan fingerprint density at radius 2 is 2.17 bits per heavy atom. The Hall–Kier alpha value is -0.450. The molecule has 100 valence electrons. The van der Waals surface area contributed by atoms with Crippen LogP contribution >= 0.6 is 11.3 Å². The molecule has 0 saturated carbocycles. The predicted octanol–water partition coefficient (Wildman–Crippen LogP) is 2.64. The molecule has 0 amide bonds. The molecule has 0 atom stereocenters. The third kappa shape index (κ3) is 2.22. The summed E-state index contributed by atoms with van der Waals surface area (Å²) in [4.78, 5) is 6.48. The van der Waals surface area contributed by atoms with Crippen LogP contribution < -0.4 is 5.32 Å². The second-order valence-corrected chi connectivity index (χ2v) is 6.45. The molecule has 4 heteroatoms. The number of ether oxygens (including phenoxy) is 1. The van der Waals surface area contributed by atoms with Crippen LogP contribution in [0.15, 0.2) is 0 Å². The van der Waals surface area contributed by atoms with Crippen molar-refractivity contribution in [3.05, 3.63) is 15.6 Å². The van der Waals surface area contributed by atoms with E-state index in [0.717, 1.165) is 32.6 Å². The smallest absolute Gasteiger partial charge is 0.113 e. The van der Waals surface area contributed by atoms with Gasteiger partial charge in [-0.2, -0.15) is 0 Å². The minimum Gasteiger partial charge on any atom is -0.381 e. The molecule has 3 nitrogen and oxygen atoms in total. The molecule has 0 unspecified atom stereocenters. The molecule has 18 heavy (non-hydrogen) atoms. The monoisotopic (exact) mass is 266 g/mol. The largest absolute Gasteiger partial charge is 0.381 e. The summed E-state index contributed by atoms with van der Waals surface area (Å²) < 4.78 is 5.54. The van der Waals surface area contributed by atoms with Gasteiger partial charge in [0.25, 0.3) is 0 Å². The molecule has 0 radical (unpaired) electrons. The number of hydrogen-bond donors (Lipinski definition) is 1. The Kier molecular flexibility index (Phi) is 3.68. The molecule has 1 aliphatic carbocycles. The fraction of sp³-hybridized carbons (Fsp3) is 0.786. The van der Waals surface area contributed by atoms with Gasteiger partial charge in [0, 0.05) is 18.1 Å². The van der Waals surface area contributed by atoms with E-state index in [1.54, 1.807) is 0 Å². The van der Waals surface area contributed by atoms with Crippen molar-refractivity contribution in [2.24, 2.45) is 0 Å². The molecule has 0 aromatic carbocycles. The van der Waals surface area contributed by atoms with Gasteiger partial charge >= 0.3 is 0 Å². The molecule has 1 fully saturated rings. The summed E-state index contributed by atoms with van der Waals surface area (Å²) in [7, 11) is 0. The van der Waals surface area contributed by atoms with E-state index in [0.29, 0.717) is 0 Å². The van der Waals surface area contributed by atoms with Crippen molar-refractivity contribution in [2.45, 2.75) is 51.0 Å². The van der Waals surface area contributed by atoms with Crippen LogP contribution in [0.2, 0.25) is 0 Å². The lowest BCUT2D eigenvalue weighted by atomic mass is 9.90. The van der Waals surface area contributed by atoms with Crippen LogP contribution in [-0.2, 0) is 23.1 Å². The molecule has 1 aliphatic heterocycles. The van der Waals surface area contributed by atoms with E-state index in [1.165, 1.54) is 41.3 Å². The highest BCUT2D eigenvalue weighted by atomic mass is 32.1. The normalized spacial score (nSPS) is 22.1. The first-order valence-electron chi connectivity index (χ1n) is 7.16. The first kappa shape index (κ1) is 12.6. The fourth-order valence-corrected chi connectivity index (χ4v) is 4.32. The minimum atomic E-state index is 0.100. The van der Waals surface area contributed by atoms with Gasteiger partial charge in [-0.1, -0.05) is 6.92 Å². The van der Waals surface area contributed by atoms with Crippen molar-refractivity contribution < 1.29 is 4.74 Å². The zero-order valence-corrected chi connectivity index (χ0v) is 11.9. The summed E-state index contributed by atoms with van der Waals surface area (Å²) in [5.41, 5.74) is 1.47. The van der Waals surface area contributed by atoms with Crippen molar-refractivity contribution in [1.29, 1.82) is 0 Å². The Labute approximate surface area is 113 Å². The predicted molar refractivity (Wildman–Crippen MR) is 74.2 cm³/mol. The lowest BCUT2D eigenvalue weighted by Crippen LogP contribution is -2.47. The highest BCUT2D eigenvalue weighted by Crippen LogP contribution is 2.38. The topological polar surface area (TPSA) is 34.2 Å². The number of hydrogen-bond acceptors (Lipinski definition) is 4. The van der Waals surface area contributed by atoms with Crippen LogP contribution in [0.25, 0.3) is 0 Å². The van der Waals surface area contributed by atoms with Crippen LogP contribution in [0, 0.1) is 0 Å². The number of fused-ring (bicyclic) bond motifs is 1. The van der Waals surface area contributed by atoms with Gasteiger partial charge in [0.05, 0.1) is 11.2 Å². The second-order valence-electron chi connectivity index (χ2n) is 5.36. The fourth-order valence-electron chi connectivity index (χ4n) is 2.95. The molecule has 1 N–H and O–H groups in total. The van der Waals surface area contributed by atoms with Crippen LogP contribution in [0.1, 0.15) is 48.2 Å². The zero-order valence-electron chi connectivity index (χ0n) is 11.1. The first-order chi connectivity index (χ1) is 8.84. The molecule has 0 bridgehead atoms. The van der Waals surface area contributed by atoms with Crippen molar-refractivity contribution >= 4 is 11.3 Å². The lowest BCUT2D eigenvalue weighted by molar-refractivity contribution is 0.0366. The molecular weight excluding hydrogens is 244 g/mol. The number of aromatic nitrogens is 1. The minimum absolute atomic E-state index is 0.100. The third-order valence-electron chi connectivity index (χ3n) is 4.06. The molecule has 2 aliphatic rings. The van der Waals surface area contributed by atoms with E-state index >= 15 is 0 Å². The highest BCUT2D eigenvalue weighted by Gasteiger charge is 2.37. The summed E-state index contributed by atoms with van der Waals surface area (Å²) in [5.74, 6) is 0. The molecule has 1 aromatic heterocycles. The average Bonchev–Trinajstić information content (AvgIpc) is 2.98. The van der Waals surface area contributed by atoms with Gasteiger partial charge in [-0.15, -0.1) is 11.3 Å². The van der Waals surface area contributed by atoms with E-state index in [4.69, 9.17) is 9.72 Å². The lowest BCUT2D eigenvalue weighted by Gasteiger charge is -2.36. The third-order valence-corrected chi connectivity index (χ3v) is 5.43. The Morgan fingerprint density at radius 1 is 1.33 bits per heavy atom. The quantitative estimate of drug-likeness (QED) is 0.909. The standard InChI is InChI=1S/C14H22N2OS/c1-2-8-15-14(6-9-17-10-7-14)13-16-11-4-3-5-12(11)18-13/h15H,2-10H2,1H3. The van der Waals surface area contributed by atoms with Crippen molar-refractivity contribution in [3.63, 3.8) is 0 Å². The molecule has 0 spiro atoms. The molecule has 2 heterocycles. The summed E-state index contributed by atoms with van der Waals surface area (Å²) in [6.45, 7) is 5.02. The Balaban J connectivity index is 1.86. The van der Waals surface area contributed by atoms with E-state index in [1.807, 2.05) is 11.3 Å². The van der Waals surface area contributed by atoms with Gasteiger partial charge in [0.2, 0.25) is 0 Å². The zero-order chi connectivity index (χ0) is 12.4. The number of thiazole rings is 1. The van der Waals surface area contributed by atoms with Crippen molar-refractivity contribution in [1.82, 2.24) is 10.3 Å². The van der Waals surface area contributed by atoms with E-state index in [2.05, 4.69) is 12.2 Å². The number of nitrogens with one attached hydrogen (secondary N) is 1. The number of aryl methyl sites for hydroxylation is 2. The van der Waals surface area contributed by atoms with Crippen LogP contribution in [0.5, 0.6) is 0 Å². The maximum Gasteiger partial charge on any atom is 0.113 e. The van der Waals surface area contributed by atoms with Crippen molar-refractivity contribution in [3.8, 4) is 0 Å². The molecule has 1 aromatic rings. The van der Waals surface area contributed by atoms with E-state index < -0.39 is 0 Å². The summed E-state index contributed by atoms with van der Waals surface area (Å²) in [6, 6.07) is 0. The summed E-state index contributed by atoms with van der Waals surface area (Å²) >= 11 is 1.95. The Morgan fingerprint density at radius 3 is 2.89 bits per heavy atom. The van der Waals surface area contributed by atoms with E-state index in [9.17, 15) is 0 Å². The van der Waals surface area contributed by atoms with Gasteiger partial charge in [0.1, 0.15) is 5.01 Å². The van der Waals surface area contributed by atoms with Crippen molar-refractivity contribution in [2.75, 3.05) is 19.8 Å². The van der Waals surface area contributed by atoms with E-state index in [-0.39, 0.29) is 5.54 Å². The highest BCUT2D eigenvalue weighted by molar-refractivity contribution is 7.12. The van der Waals surface area contributed by atoms with Gasteiger partial charge in [0.15, 0.2) is 0 Å². The molecule has 1 saturated heterocycles. The SMILES string of the molecule is CCCNC1(c2nc3c(s2)CCC3)CCOCC1. The maximum absolute atomic E-state index is 5.54. The Bertz CT molecular complexity index is 388. The first-order valence-corrected chi connectivity index (χ1v) is 7.97. The number of nitrogens with zero attached hydrogens (tertiary/aromatic N) is 1. The van der Waals surface area contributed by atoms with Gasteiger partial charge in [-0.05, 0) is 45.1 Å². The average molecular weight is 266 g/mol. The van der Waals surface area contributed by atoms with Gasteiger partial charge in [-0.3, -0.25) is 0 Å². The molecule has 3 rings (SSSR count). The molecular formula is C14H22N2OS. The summed E-state index contributed by atoms with van der Waals surface area (Å²) in [5, 5.41) is 5.08. The maximum atomic E-state index is 5.54. The van der Waals surface area contributed by atoms with Crippen LogP contribution in [0.3, 0.4) is 0 Å². The van der Waals surface area contributed by atoms with Gasteiger partial charge < -0.3 is 10.1 Å². The summed E-state index contributed by atoms with van der Waals surface area (Å²) in [6.07, 6.45) is 7.04. The van der Waals surface area contributed by atoms with Crippen LogP contribution in [-0.4, -0.2) is 24.7 Å².